The first-order valence-electron chi connectivity index (χ1n) is 5.59. The Morgan fingerprint density at radius 2 is 2.31 bits per heavy atom. The molecule has 5 heteroatoms. The molecule has 1 N–H and O–H groups in total. The van der Waals surface area contributed by atoms with Crippen LogP contribution in [0.4, 0.5) is 10.2 Å². The quantitative estimate of drug-likeness (QED) is 0.811. The van der Waals surface area contributed by atoms with Crippen molar-refractivity contribution in [2.75, 3.05) is 5.32 Å². The molecule has 0 spiro atoms. The Bertz CT molecular complexity index is 372. The van der Waals surface area contributed by atoms with Crippen LogP contribution < -0.4 is 5.32 Å². The second-order valence-corrected chi connectivity index (χ2v) is 4.79. The summed E-state index contributed by atoms with van der Waals surface area (Å²) >= 11 is 5.63. The maximum Gasteiger partial charge on any atom is 0.224 e. The van der Waals surface area contributed by atoms with Crippen LogP contribution in [-0.4, -0.2) is 16.0 Å². The van der Waals surface area contributed by atoms with E-state index < -0.39 is 5.82 Å². The molecule has 1 heterocycles. The zero-order valence-electron chi connectivity index (χ0n) is 9.21. The molecule has 0 saturated heterocycles. The van der Waals surface area contributed by atoms with E-state index in [1.54, 1.807) is 0 Å². The molecular formula is C11H15ClFN3. The lowest BCUT2D eigenvalue weighted by Gasteiger charge is -2.27. The highest BCUT2D eigenvalue weighted by atomic mass is 35.5. The van der Waals surface area contributed by atoms with Crippen LogP contribution in [0.1, 0.15) is 32.6 Å². The van der Waals surface area contributed by atoms with Crippen molar-refractivity contribution in [2.24, 2.45) is 5.92 Å². The summed E-state index contributed by atoms with van der Waals surface area (Å²) in [4.78, 5) is 7.45. The van der Waals surface area contributed by atoms with Gasteiger partial charge in [0.1, 0.15) is 0 Å². The largest absolute Gasteiger partial charge is 0.365 e. The van der Waals surface area contributed by atoms with Crippen LogP contribution in [0.3, 0.4) is 0 Å². The number of aromatic nitrogens is 2. The molecule has 1 aromatic heterocycles. The molecule has 2 unspecified atom stereocenters. The van der Waals surface area contributed by atoms with Gasteiger partial charge in [-0.05, 0) is 30.4 Å². The normalized spacial score (nSPS) is 25.4. The highest BCUT2D eigenvalue weighted by Gasteiger charge is 2.20. The number of hydrogen-bond donors (Lipinski definition) is 1. The van der Waals surface area contributed by atoms with Crippen LogP contribution in [0.25, 0.3) is 0 Å². The van der Waals surface area contributed by atoms with Crippen LogP contribution in [-0.2, 0) is 0 Å². The van der Waals surface area contributed by atoms with E-state index in [4.69, 9.17) is 11.6 Å². The SMILES string of the molecule is CC1CCCC(Nc2nc(Cl)ncc2F)C1. The smallest absolute Gasteiger partial charge is 0.224 e. The van der Waals surface area contributed by atoms with Gasteiger partial charge in [0, 0.05) is 6.04 Å². The predicted octanol–water partition coefficient (Wildman–Crippen LogP) is 3.26. The van der Waals surface area contributed by atoms with E-state index in [0.717, 1.165) is 19.0 Å². The van der Waals surface area contributed by atoms with Crippen molar-refractivity contribution in [1.29, 1.82) is 0 Å². The first kappa shape index (κ1) is 11.6. The third-order valence-corrected chi connectivity index (χ3v) is 3.17. The molecule has 0 radical (unpaired) electrons. The van der Waals surface area contributed by atoms with Crippen molar-refractivity contribution in [3.63, 3.8) is 0 Å². The lowest BCUT2D eigenvalue weighted by molar-refractivity contribution is 0.357. The second kappa shape index (κ2) is 4.95. The lowest BCUT2D eigenvalue weighted by Crippen LogP contribution is -2.27. The van der Waals surface area contributed by atoms with Crippen molar-refractivity contribution in [1.82, 2.24) is 9.97 Å². The molecule has 1 aliphatic rings. The number of halogens is 2. The number of nitrogens with zero attached hydrogens (tertiary/aromatic N) is 2. The van der Waals surface area contributed by atoms with Crippen molar-refractivity contribution in [3.8, 4) is 0 Å². The molecule has 1 aromatic rings. The average Bonchev–Trinajstić information content (AvgIpc) is 2.24. The molecule has 88 valence electrons. The summed E-state index contributed by atoms with van der Waals surface area (Å²) in [6.07, 6.45) is 5.65. The number of hydrogen-bond acceptors (Lipinski definition) is 3. The van der Waals surface area contributed by atoms with Gasteiger partial charge in [-0.2, -0.15) is 4.98 Å². The van der Waals surface area contributed by atoms with Gasteiger partial charge in [0.2, 0.25) is 5.28 Å². The topological polar surface area (TPSA) is 37.8 Å². The minimum Gasteiger partial charge on any atom is -0.365 e. The fourth-order valence-electron chi connectivity index (χ4n) is 2.21. The highest BCUT2D eigenvalue weighted by Crippen LogP contribution is 2.26. The molecule has 16 heavy (non-hydrogen) atoms. The van der Waals surface area contributed by atoms with Gasteiger partial charge < -0.3 is 5.32 Å². The van der Waals surface area contributed by atoms with E-state index >= 15 is 0 Å². The van der Waals surface area contributed by atoms with Gasteiger partial charge in [-0.15, -0.1) is 0 Å². The molecule has 2 rings (SSSR count). The summed E-state index contributed by atoms with van der Waals surface area (Å²) in [6.45, 7) is 2.22. The van der Waals surface area contributed by atoms with Crippen molar-refractivity contribution in [2.45, 2.75) is 38.6 Å². The van der Waals surface area contributed by atoms with Crippen molar-refractivity contribution < 1.29 is 4.39 Å². The zero-order valence-corrected chi connectivity index (χ0v) is 9.97. The zero-order chi connectivity index (χ0) is 11.5. The Morgan fingerprint density at radius 1 is 1.50 bits per heavy atom. The monoisotopic (exact) mass is 243 g/mol. The fraction of sp³-hybridized carbons (Fsp3) is 0.636. The summed E-state index contributed by atoms with van der Waals surface area (Å²) in [5.74, 6) is 0.466. The Kier molecular flexibility index (Phi) is 3.59. The molecule has 2 atom stereocenters. The summed E-state index contributed by atoms with van der Waals surface area (Å²) in [5.41, 5.74) is 0. The minimum absolute atomic E-state index is 0.0766. The minimum atomic E-state index is -0.442. The number of rotatable bonds is 2. The van der Waals surface area contributed by atoms with E-state index in [9.17, 15) is 4.39 Å². The van der Waals surface area contributed by atoms with E-state index in [-0.39, 0.29) is 11.1 Å². The molecule has 1 saturated carbocycles. The third kappa shape index (κ3) is 2.82. The second-order valence-electron chi connectivity index (χ2n) is 4.45. The molecular weight excluding hydrogens is 229 g/mol. The molecule has 1 fully saturated rings. The van der Waals surface area contributed by atoms with Crippen LogP contribution >= 0.6 is 11.6 Å². The predicted molar refractivity (Wildman–Crippen MR) is 62.0 cm³/mol. The van der Waals surface area contributed by atoms with Gasteiger partial charge in [0.25, 0.3) is 0 Å². The maximum atomic E-state index is 13.4. The molecule has 0 aliphatic heterocycles. The summed E-state index contributed by atoms with van der Waals surface area (Å²) in [6, 6.07) is 0.296. The van der Waals surface area contributed by atoms with E-state index in [2.05, 4.69) is 22.2 Å². The molecule has 0 amide bonds. The molecule has 0 aromatic carbocycles. The van der Waals surface area contributed by atoms with Crippen LogP contribution in [0, 0.1) is 11.7 Å². The van der Waals surface area contributed by atoms with Gasteiger partial charge in [0.15, 0.2) is 11.6 Å². The Balaban J connectivity index is 2.05. The standard InChI is InChI=1S/C11H15ClFN3/c1-7-3-2-4-8(5-7)15-10-9(13)6-14-11(12)16-10/h6-8H,2-5H2,1H3,(H,14,15,16). The van der Waals surface area contributed by atoms with Gasteiger partial charge in [-0.1, -0.05) is 19.8 Å². The Labute approximate surface area is 99.4 Å². The van der Waals surface area contributed by atoms with E-state index in [0.29, 0.717) is 12.0 Å². The average molecular weight is 244 g/mol. The Hall–Kier alpha value is -0.900. The lowest BCUT2D eigenvalue weighted by atomic mass is 9.87. The fourth-order valence-corrected chi connectivity index (χ4v) is 2.34. The van der Waals surface area contributed by atoms with Gasteiger partial charge in [-0.3, -0.25) is 0 Å². The maximum absolute atomic E-state index is 13.4. The van der Waals surface area contributed by atoms with E-state index in [1.165, 1.54) is 12.8 Å². The van der Waals surface area contributed by atoms with Gasteiger partial charge in [-0.25, -0.2) is 9.37 Å². The summed E-state index contributed by atoms with van der Waals surface area (Å²) < 4.78 is 13.4. The number of nitrogens with one attached hydrogen (secondary N) is 1. The summed E-state index contributed by atoms with van der Waals surface area (Å²) in [7, 11) is 0. The van der Waals surface area contributed by atoms with E-state index in [1.807, 2.05) is 0 Å². The first-order valence-corrected chi connectivity index (χ1v) is 5.97. The highest BCUT2D eigenvalue weighted by molar-refractivity contribution is 6.28. The van der Waals surface area contributed by atoms with Gasteiger partial charge >= 0.3 is 0 Å². The molecule has 0 bridgehead atoms. The van der Waals surface area contributed by atoms with Crippen molar-refractivity contribution in [3.05, 3.63) is 17.3 Å². The van der Waals surface area contributed by atoms with Crippen LogP contribution in [0.5, 0.6) is 0 Å². The Morgan fingerprint density at radius 3 is 3.06 bits per heavy atom. The third-order valence-electron chi connectivity index (χ3n) is 2.99. The van der Waals surface area contributed by atoms with Crippen LogP contribution in [0.2, 0.25) is 5.28 Å². The first-order chi connectivity index (χ1) is 7.65. The van der Waals surface area contributed by atoms with Crippen LogP contribution in [0.15, 0.2) is 6.20 Å². The molecule has 1 aliphatic carbocycles. The molecule has 3 nitrogen and oxygen atoms in total. The van der Waals surface area contributed by atoms with Crippen molar-refractivity contribution >= 4 is 17.4 Å². The number of anilines is 1. The van der Waals surface area contributed by atoms with Gasteiger partial charge in [0.05, 0.1) is 6.20 Å². The summed E-state index contributed by atoms with van der Waals surface area (Å²) in [5, 5.41) is 3.19.